The zero-order chi connectivity index (χ0) is 13.2. The van der Waals surface area contributed by atoms with Gasteiger partial charge in [0.05, 0.1) is 6.20 Å². The highest BCUT2D eigenvalue weighted by Gasteiger charge is 2.06. The molecule has 1 heterocycles. The Balaban J connectivity index is 2.17. The molecule has 0 aromatic carbocycles. The second-order valence-corrected chi connectivity index (χ2v) is 3.16. The van der Waals surface area contributed by atoms with E-state index in [0.29, 0.717) is 0 Å². The first-order valence-corrected chi connectivity index (χ1v) is 5.29. The Labute approximate surface area is 104 Å². The van der Waals surface area contributed by atoms with Gasteiger partial charge in [-0.05, 0) is 0 Å². The van der Waals surface area contributed by atoms with Crippen LogP contribution in [0.5, 0.6) is 0 Å². The molecule has 0 bridgehead atoms. The van der Waals surface area contributed by atoms with Crippen LogP contribution in [0.1, 0.15) is 10.5 Å². The van der Waals surface area contributed by atoms with Gasteiger partial charge < -0.3 is 15.4 Å². The lowest BCUT2D eigenvalue weighted by atomic mass is 10.4. The van der Waals surface area contributed by atoms with Crippen molar-refractivity contribution in [2.24, 2.45) is 0 Å². The predicted molar refractivity (Wildman–Crippen MR) is 63.9 cm³/mol. The van der Waals surface area contributed by atoms with Gasteiger partial charge in [-0.2, -0.15) is 0 Å². The quantitative estimate of drug-likeness (QED) is 0.552. The van der Waals surface area contributed by atoms with Gasteiger partial charge in [0.1, 0.15) is 12.3 Å². The van der Waals surface area contributed by atoms with Crippen molar-refractivity contribution in [1.82, 2.24) is 20.6 Å². The summed E-state index contributed by atoms with van der Waals surface area (Å²) < 4.78 is 4.68. The van der Waals surface area contributed by atoms with Crippen LogP contribution in [-0.2, 0) is 4.74 Å². The fraction of sp³-hybridized carbons (Fsp3) is 0.273. The van der Waals surface area contributed by atoms with E-state index >= 15 is 0 Å². The molecular formula is C11H14N4O3. The Morgan fingerprint density at radius 1 is 1.33 bits per heavy atom. The van der Waals surface area contributed by atoms with Gasteiger partial charge in [0, 0.05) is 25.5 Å². The molecule has 18 heavy (non-hydrogen) atoms. The minimum atomic E-state index is -0.552. The van der Waals surface area contributed by atoms with Crippen LogP contribution in [-0.4, -0.2) is 41.7 Å². The van der Waals surface area contributed by atoms with Crippen molar-refractivity contribution in [2.45, 2.75) is 0 Å². The fourth-order valence-electron chi connectivity index (χ4n) is 1.03. The van der Waals surface area contributed by atoms with Gasteiger partial charge in [-0.25, -0.2) is 9.78 Å². The van der Waals surface area contributed by atoms with Crippen LogP contribution in [0.3, 0.4) is 0 Å². The normalized spacial score (nSPS) is 9.33. The largest absolute Gasteiger partial charge is 0.445 e. The summed E-state index contributed by atoms with van der Waals surface area (Å²) in [5.74, 6) is -0.343. The molecule has 0 aliphatic heterocycles. The molecule has 2 N–H and O–H groups in total. The maximum Gasteiger partial charge on any atom is 0.407 e. The van der Waals surface area contributed by atoms with Crippen molar-refractivity contribution in [2.75, 3.05) is 19.7 Å². The van der Waals surface area contributed by atoms with E-state index in [4.69, 9.17) is 0 Å². The second-order valence-electron chi connectivity index (χ2n) is 3.16. The molecule has 1 rings (SSSR count). The van der Waals surface area contributed by atoms with E-state index in [9.17, 15) is 9.59 Å². The van der Waals surface area contributed by atoms with Gasteiger partial charge in [0.15, 0.2) is 0 Å². The van der Waals surface area contributed by atoms with E-state index in [-0.39, 0.29) is 31.3 Å². The number of aromatic nitrogens is 2. The van der Waals surface area contributed by atoms with Crippen LogP contribution < -0.4 is 10.6 Å². The Morgan fingerprint density at radius 2 is 2.11 bits per heavy atom. The third kappa shape index (κ3) is 5.06. The maximum absolute atomic E-state index is 11.5. The summed E-state index contributed by atoms with van der Waals surface area (Å²) in [5.41, 5.74) is 0.228. The van der Waals surface area contributed by atoms with Crippen LogP contribution in [0.4, 0.5) is 4.79 Å². The molecule has 0 unspecified atom stereocenters. The first-order chi connectivity index (χ1) is 8.74. The summed E-state index contributed by atoms with van der Waals surface area (Å²) >= 11 is 0. The summed E-state index contributed by atoms with van der Waals surface area (Å²) in [6.45, 7) is 4.10. The summed E-state index contributed by atoms with van der Waals surface area (Å²) in [4.78, 5) is 30.1. The number of ether oxygens (including phenoxy) is 1. The molecule has 96 valence electrons. The first-order valence-electron chi connectivity index (χ1n) is 5.29. The molecule has 0 spiro atoms. The van der Waals surface area contributed by atoms with Crippen LogP contribution in [0.25, 0.3) is 0 Å². The number of nitrogens with one attached hydrogen (secondary N) is 2. The second kappa shape index (κ2) is 7.77. The van der Waals surface area contributed by atoms with E-state index < -0.39 is 6.09 Å². The Hall–Kier alpha value is -2.44. The zero-order valence-corrected chi connectivity index (χ0v) is 9.76. The summed E-state index contributed by atoms with van der Waals surface area (Å²) in [5, 5.41) is 5.04. The highest BCUT2D eigenvalue weighted by Crippen LogP contribution is 1.88. The van der Waals surface area contributed by atoms with E-state index in [0.717, 1.165) is 0 Å². The van der Waals surface area contributed by atoms with Crippen molar-refractivity contribution in [3.05, 3.63) is 36.9 Å². The number of amides is 2. The lowest BCUT2D eigenvalue weighted by Gasteiger charge is -2.06. The third-order valence-corrected chi connectivity index (χ3v) is 1.81. The minimum absolute atomic E-state index is 0.151. The summed E-state index contributed by atoms with van der Waals surface area (Å²) in [7, 11) is 0. The number of rotatable bonds is 6. The third-order valence-electron chi connectivity index (χ3n) is 1.81. The average molecular weight is 250 g/mol. The number of nitrogens with zero attached hydrogens (tertiary/aromatic N) is 2. The van der Waals surface area contributed by atoms with E-state index in [1.165, 1.54) is 24.7 Å². The Bertz CT molecular complexity index is 408. The zero-order valence-electron chi connectivity index (χ0n) is 9.76. The van der Waals surface area contributed by atoms with Crippen molar-refractivity contribution >= 4 is 12.0 Å². The fourth-order valence-corrected chi connectivity index (χ4v) is 1.03. The van der Waals surface area contributed by atoms with E-state index in [1.807, 2.05) is 0 Å². The molecule has 0 aliphatic rings. The molecule has 7 nitrogen and oxygen atoms in total. The molecule has 0 aliphatic carbocycles. The van der Waals surface area contributed by atoms with Crippen molar-refractivity contribution < 1.29 is 14.3 Å². The molecular weight excluding hydrogens is 236 g/mol. The van der Waals surface area contributed by atoms with Crippen LogP contribution in [0.15, 0.2) is 31.2 Å². The highest BCUT2D eigenvalue weighted by molar-refractivity contribution is 5.91. The SMILES string of the molecule is C=CCOC(=O)NCCNC(=O)c1cnccn1. The van der Waals surface area contributed by atoms with Gasteiger partial charge in [0.2, 0.25) is 0 Å². The molecule has 1 aromatic rings. The molecule has 1 aromatic heterocycles. The number of carbonyl (C=O) groups is 2. The van der Waals surface area contributed by atoms with Crippen LogP contribution >= 0.6 is 0 Å². The molecule has 0 saturated heterocycles. The van der Waals surface area contributed by atoms with Gasteiger partial charge in [-0.15, -0.1) is 0 Å². The topological polar surface area (TPSA) is 93.2 Å². The standard InChI is InChI=1S/C11H14N4O3/c1-2-7-18-11(17)15-6-5-14-10(16)9-8-12-3-4-13-9/h2-4,8H,1,5-7H2,(H,14,16)(H,15,17). The van der Waals surface area contributed by atoms with E-state index in [2.05, 4.69) is 31.9 Å². The number of alkyl carbamates (subject to hydrolysis) is 1. The smallest absolute Gasteiger partial charge is 0.407 e. The lowest BCUT2D eigenvalue weighted by molar-refractivity contribution is 0.0947. The number of hydrogen-bond acceptors (Lipinski definition) is 5. The minimum Gasteiger partial charge on any atom is -0.445 e. The van der Waals surface area contributed by atoms with Gasteiger partial charge in [0.25, 0.3) is 5.91 Å². The van der Waals surface area contributed by atoms with Crippen LogP contribution in [0, 0.1) is 0 Å². The maximum atomic E-state index is 11.5. The monoisotopic (exact) mass is 250 g/mol. The lowest BCUT2D eigenvalue weighted by Crippen LogP contribution is -2.35. The number of carbonyl (C=O) groups excluding carboxylic acids is 2. The summed E-state index contributed by atoms with van der Waals surface area (Å²) in [6.07, 6.45) is 5.19. The van der Waals surface area contributed by atoms with Gasteiger partial charge in [-0.1, -0.05) is 12.7 Å². The van der Waals surface area contributed by atoms with Crippen molar-refractivity contribution in [3.63, 3.8) is 0 Å². The Morgan fingerprint density at radius 3 is 2.78 bits per heavy atom. The molecule has 7 heteroatoms. The van der Waals surface area contributed by atoms with E-state index in [1.54, 1.807) is 0 Å². The summed E-state index contributed by atoms with van der Waals surface area (Å²) in [6, 6.07) is 0. The van der Waals surface area contributed by atoms with Gasteiger partial charge >= 0.3 is 6.09 Å². The Kier molecular flexibility index (Phi) is 5.88. The molecule has 0 fully saturated rings. The molecule has 0 saturated carbocycles. The number of hydrogen-bond donors (Lipinski definition) is 2. The predicted octanol–water partition coefficient (Wildman–Crippen LogP) is 0.119. The van der Waals surface area contributed by atoms with Crippen molar-refractivity contribution in [1.29, 1.82) is 0 Å². The average Bonchev–Trinajstić information content (AvgIpc) is 2.42. The molecule has 2 amide bonds. The van der Waals surface area contributed by atoms with Gasteiger partial charge in [-0.3, -0.25) is 9.78 Å². The molecule has 0 radical (unpaired) electrons. The van der Waals surface area contributed by atoms with Crippen molar-refractivity contribution in [3.8, 4) is 0 Å². The first kappa shape index (κ1) is 13.6. The van der Waals surface area contributed by atoms with Crippen LogP contribution in [0.2, 0.25) is 0 Å². The highest BCUT2D eigenvalue weighted by atomic mass is 16.5. The molecule has 0 atom stereocenters.